The average Bonchev–Trinajstić information content (AvgIpc) is 2.78. The highest BCUT2D eigenvalue weighted by molar-refractivity contribution is 7.85. The van der Waals surface area contributed by atoms with Gasteiger partial charge in [-0.2, -0.15) is 0 Å². The summed E-state index contributed by atoms with van der Waals surface area (Å²) >= 11 is 0. The number of rotatable bonds is 2. The Balaban J connectivity index is 2.08. The zero-order valence-electron chi connectivity index (χ0n) is 8.79. The largest absolute Gasteiger partial charge is 0.475 e. The molecule has 0 radical (unpaired) electrons. The first kappa shape index (κ1) is 11.8. The van der Waals surface area contributed by atoms with Gasteiger partial charge in [0.25, 0.3) is 5.91 Å². The number of carboxylic acids is 1. The van der Waals surface area contributed by atoms with E-state index in [-0.39, 0.29) is 11.5 Å². The number of hydrogen-bond donors (Lipinski definition) is 1. The van der Waals surface area contributed by atoms with E-state index >= 15 is 0 Å². The fourth-order valence-corrected chi connectivity index (χ4v) is 2.53. The van der Waals surface area contributed by atoms with Crippen molar-refractivity contribution in [2.24, 2.45) is 0 Å². The van der Waals surface area contributed by atoms with Gasteiger partial charge in [-0.3, -0.25) is 9.00 Å². The number of carboxylic acid groups (broad SMARTS) is 1. The molecule has 2 heterocycles. The van der Waals surface area contributed by atoms with Crippen molar-refractivity contribution in [3.63, 3.8) is 0 Å². The molecule has 1 saturated heterocycles. The molecule has 0 aromatic carbocycles. The van der Waals surface area contributed by atoms with Gasteiger partial charge in [0.1, 0.15) is 0 Å². The van der Waals surface area contributed by atoms with Crippen molar-refractivity contribution in [3.05, 3.63) is 17.5 Å². The first-order valence-corrected chi connectivity index (χ1v) is 6.41. The van der Waals surface area contributed by atoms with Crippen molar-refractivity contribution in [2.75, 3.05) is 24.6 Å². The average molecular weight is 258 g/mol. The molecule has 1 N–H and O–H groups in total. The minimum absolute atomic E-state index is 0.0323. The van der Waals surface area contributed by atoms with Gasteiger partial charge < -0.3 is 14.5 Å². The van der Waals surface area contributed by atoms with E-state index in [0.29, 0.717) is 24.6 Å². The molecule has 0 bridgehead atoms. The highest BCUT2D eigenvalue weighted by Crippen LogP contribution is 2.09. The zero-order valence-corrected chi connectivity index (χ0v) is 9.61. The summed E-state index contributed by atoms with van der Waals surface area (Å²) in [6.45, 7) is 0.779. The monoisotopic (exact) mass is 258 g/mol. The molecule has 17 heavy (non-hydrogen) atoms. The lowest BCUT2D eigenvalue weighted by molar-refractivity contribution is 0.0649. The van der Waals surface area contributed by atoms with Gasteiger partial charge in [-0.1, -0.05) is 5.16 Å². The lowest BCUT2D eigenvalue weighted by atomic mass is 10.3. The number of aromatic nitrogens is 1. The molecule has 92 valence electrons. The summed E-state index contributed by atoms with van der Waals surface area (Å²) in [6.07, 6.45) is 0. The van der Waals surface area contributed by atoms with Crippen LogP contribution in [0, 0.1) is 0 Å². The van der Waals surface area contributed by atoms with Crippen LogP contribution in [0.25, 0.3) is 0 Å². The normalized spacial score (nSPS) is 17.1. The summed E-state index contributed by atoms with van der Waals surface area (Å²) in [5, 5.41) is 12.0. The summed E-state index contributed by atoms with van der Waals surface area (Å²) in [6, 6.07) is 1.09. The van der Waals surface area contributed by atoms with Crippen LogP contribution in [-0.4, -0.2) is 55.8 Å². The van der Waals surface area contributed by atoms with Crippen LogP contribution >= 0.6 is 0 Å². The highest BCUT2D eigenvalue weighted by atomic mass is 32.2. The second kappa shape index (κ2) is 4.66. The third kappa shape index (κ3) is 2.52. The quantitative estimate of drug-likeness (QED) is 0.773. The van der Waals surface area contributed by atoms with Crippen LogP contribution in [0.3, 0.4) is 0 Å². The standard InChI is InChI=1S/C9H10N2O5S/c12-8(11-1-3-17(15)4-2-11)6-5-7(9(13)14)16-10-6/h5H,1-4H2,(H,13,14). The molecular formula is C9H10N2O5S. The Labute approximate surface area is 98.8 Å². The van der Waals surface area contributed by atoms with Crippen LogP contribution in [0.2, 0.25) is 0 Å². The molecule has 2 rings (SSSR count). The predicted molar refractivity (Wildman–Crippen MR) is 57.2 cm³/mol. The number of aromatic carboxylic acids is 1. The molecule has 0 atom stereocenters. The minimum Gasteiger partial charge on any atom is -0.475 e. The van der Waals surface area contributed by atoms with Crippen LogP contribution in [0.5, 0.6) is 0 Å². The molecular weight excluding hydrogens is 248 g/mol. The van der Waals surface area contributed by atoms with Crippen molar-refractivity contribution in [1.29, 1.82) is 0 Å². The molecule has 0 spiro atoms. The maximum atomic E-state index is 11.9. The van der Waals surface area contributed by atoms with Crippen LogP contribution in [0.4, 0.5) is 0 Å². The van der Waals surface area contributed by atoms with Gasteiger partial charge >= 0.3 is 5.97 Å². The molecule has 1 fully saturated rings. The van der Waals surface area contributed by atoms with E-state index in [1.807, 2.05) is 0 Å². The number of nitrogens with zero attached hydrogens (tertiary/aromatic N) is 2. The smallest absolute Gasteiger partial charge is 0.374 e. The maximum Gasteiger partial charge on any atom is 0.374 e. The summed E-state index contributed by atoms with van der Waals surface area (Å²) in [7, 11) is -0.868. The number of amides is 1. The first-order valence-electron chi connectivity index (χ1n) is 4.92. The van der Waals surface area contributed by atoms with Gasteiger partial charge in [-0.05, 0) is 0 Å². The Morgan fingerprint density at radius 2 is 2.06 bits per heavy atom. The lowest BCUT2D eigenvalue weighted by Gasteiger charge is -2.25. The van der Waals surface area contributed by atoms with Crippen molar-refractivity contribution >= 4 is 22.7 Å². The third-order valence-electron chi connectivity index (χ3n) is 2.41. The summed E-state index contributed by atoms with van der Waals surface area (Å²) in [4.78, 5) is 23.9. The number of carbonyl (C=O) groups is 2. The molecule has 1 amide bonds. The van der Waals surface area contributed by atoms with Gasteiger partial charge in [0.2, 0.25) is 5.76 Å². The topological polar surface area (TPSA) is 101 Å². The van der Waals surface area contributed by atoms with E-state index in [1.54, 1.807) is 0 Å². The molecule has 0 aliphatic carbocycles. The van der Waals surface area contributed by atoms with Crippen LogP contribution in [0.15, 0.2) is 10.6 Å². The van der Waals surface area contributed by atoms with Crippen LogP contribution in [0.1, 0.15) is 21.0 Å². The fraction of sp³-hybridized carbons (Fsp3) is 0.444. The summed E-state index contributed by atoms with van der Waals surface area (Å²) in [5.41, 5.74) is -0.0323. The van der Waals surface area contributed by atoms with Gasteiger partial charge in [0.05, 0.1) is 0 Å². The van der Waals surface area contributed by atoms with Crippen molar-refractivity contribution in [2.45, 2.75) is 0 Å². The molecule has 8 heteroatoms. The van der Waals surface area contributed by atoms with E-state index in [4.69, 9.17) is 5.11 Å². The molecule has 1 aromatic rings. The van der Waals surface area contributed by atoms with Gasteiger partial charge in [-0.25, -0.2) is 4.79 Å². The van der Waals surface area contributed by atoms with Crippen LogP contribution < -0.4 is 0 Å². The van der Waals surface area contributed by atoms with Gasteiger partial charge in [0.15, 0.2) is 5.69 Å². The fourth-order valence-electron chi connectivity index (χ4n) is 1.48. The Morgan fingerprint density at radius 3 is 2.59 bits per heavy atom. The van der Waals surface area contributed by atoms with Gasteiger partial charge in [-0.15, -0.1) is 0 Å². The Morgan fingerprint density at radius 1 is 1.41 bits per heavy atom. The molecule has 1 aliphatic rings. The zero-order chi connectivity index (χ0) is 12.4. The minimum atomic E-state index is -1.27. The summed E-state index contributed by atoms with van der Waals surface area (Å²) < 4.78 is 15.6. The Hall–Kier alpha value is -1.70. The highest BCUT2D eigenvalue weighted by Gasteiger charge is 2.24. The van der Waals surface area contributed by atoms with E-state index in [2.05, 4.69) is 9.68 Å². The first-order chi connectivity index (χ1) is 8.08. The second-order valence-electron chi connectivity index (χ2n) is 3.52. The van der Waals surface area contributed by atoms with E-state index in [0.717, 1.165) is 6.07 Å². The number of carbonyl (C=O) groups excluding carboxylic acids is 1. The van der Waals surface area contributed by atoms with Crippen molar-refractivity contribution in [1.82, 2.24) is 10.1 Å². The van der Waals surface area contributed by atoms with Crippen molar-refractivity contribution < 1.29 is 23.4 Å². The Kier molecular flexibility index (Phi) is 3.23. The molecule has 1 aliphatic heterocycles. The third-order valence-corrected chi connectivity index (χ3v) is 3.68. The van der Waals surface area contributed by atoms with Gasteiger partial charge in [0, 0.05) is 41.5 Å². The number of hydrogen-bond acceptors (Lipinski definition) is 5. The summed E-state index contributed by atoms with van der Waals surface area (Å²) in [5.74, 6) is -1.15. The SMILES string of the molecule is O=C(O)c1cc(C(=O)N2CCS(=O)CC2)no1. The van der Waals surface area contributed by atoms with E-state index in [9.17, 15) is 13.8 Å². The second-order valence-corrected chi connectivity index (χ2v) is 5.22. The van der Waals surface area contributed by atoms with E-state index < -0.39 is 22.7 Å². The van der Waals surface area contributed by atoms with Crippen molar-refractivity contribution in [3.8, 4) is 0 Å². The molecule has 0 saturated carbocycles. The Bertz CT molecular complexity index is 473. The van der Waals surface area contributed by atoms with Crippen LogP contribution in [-0.2, 0) is 10.8 Å². The molecule has 0 unspecified atom stereocenters. The lowest BCUT2D eigenvalue weighted by Crippen LogP contribution is -2.41. The maximum absolute atomic E-state index is 11.9. The van der Waals surface area contributed by atoms with E-state index in [1.165, 1.54) is 4.90 Å². The molecule has 1 aromatic heterocycles. The predicted octanol–water partition coefficient (Wildman–Crippen LogP) is -0.423. The molecule has 7 nitrogen and oxygen atoms in total.